The lowest BCUT2D eigenvalue weighted by Crippen LogP contribution is -2.44. The molecule has 1 atom stereocenters. The number of aryl methyl sites for hydroxylation is 1. The van der Waals surface area contributed by atoms with Gasteiger partial charge in [-0.15, -0.1) is 0 Å². The SMILES string of the molecule is Cn1nccc1[C@H]1CCCCN1C(=O)C(=O)Nc1cncc(C(N)=O)c1. The number of carbonyl (C=O) groups excluding carboxylic acids is 3. The van der Waals surface area contributed by atoms with Gasteiger partial charge in [0.05, 0.1) is 29.2 Å². The van der Waals surface area contributed by atoms with Gasteiger partial charge in [0.2, 0.25) is 5.91 Å². The van der Waals surface area contributed by atoms with E-state index in [1.807, 2.05) is 13.1 Å². The van der Waals surface area contributed by atoms with Gasteiger partial charge in [0.15, 0.2) is 0 Å². The quantitative estimate of drug-likeness (QED) is 0.780. The molecule has 1 fully saturated rings. The van der Waals surface area contributed by atoms with E-state index >= 15 is 0 Å². The Balaban J connectivity index is 1.76. The molecule has 0 aromatic carbocycles. The van der Waals surface area contributed by atoms with Crippen molar-refractivity contribution in [3.63, 3.8) is 0 Å². The maximum absolute atomic E-state index is 12.7. The summed E-state index contributed by atoms with van der Waals surface area (Å²) in [5.41, 5.74) is 6.49. The number of nitrogens with one attached hydrogen (secondary N) is 1. The van der Waals surface area contributed by atoms with Gasteiger partial charge in [-0.1, -0.05) is 0 Å². The number of piperidine rings is 1. The van der Waals surface area contributed by atoms with Gasteiger partial charge < -0.3 is 16.0 Å². The Hall–Kier alpha value is -3.23. The molecule has 3 amide bonds. The molecule has 0 saturated carbocycles. The molecular weight excluding hydrogens is 336 g/mol. The zero-order valence-corrected chi connectivity index (χ0v) is 14.4. The summed E-state index contributed by atoms with van der Waals surface area (Å²) in [6, 6.07) is 3.05. The van der Waals surface area contributed by atoms with Crippen molar-refractivity contribution >= 4 is 23.4 Å². The minimum Gasteiger partial charge on any atom is -0.366 e. The predicted octanol–water partition coefficient (Wildman–Crippen LogP) is 0.606. The minimum atomic E-state index is -0.775. The summed E-state index contributed by atoms with van der Waals surface area (Å²) in [5.74, 6) is -2.06. The zero-order valence-electron chi connectivity index (χ0n) is 14.4. The second-order valence-electron chi connectivity index (χ2n) is 6.17. The normalized spacial score (nSPS) is 17.0. The lowest BCUT2D eigenvalue weighted by atomic mass is 9.99. The predicted molar refractivity (Wildman–Crippen MR) is 92.9 cm³/mol. The fourth-order valence-corrected chi connectivity index (χ4v) is 3.15. The molecule has 0 radical (unpaired) electrons. The molecule has 9 nitrogen and oxygen atoms in total. The van der Waals surface area contributed by atoms with E-state index < -0.39 is 17.7 Å². The van der Waals surface area contributed by atoms with Crippen LogP contribution >= 0.6 is 0 Å². The van der Waals surface area contributed by atoms with Crippen LogP contribution in [0.1, 0.15) is 41.4 Å². The average Bonchev–Trinajstić information content (AvgIpc) is 3.07. The molecule has 3 N–H and O–H groups in total. The van der Waals surface area contributed by atoms with Gasteiger partial charge in [0, 0.05) is 26.0 Å². The van der Waals surface area contributed by atoms with E-state index in [2.05, 4.69) is 15.4 Å². The van der Waals surface area contributed by atoms with Crippen molar-refractivity contribution in [1.29, 1.82) is 0 Å². The third-order valence-electron chi connectivity index (χ3n) is 4.44. The molecule has 0 bridgehead atoms. The van der Waals surface area contributed by atoms with Crippen LogP contribution < -0.4 is 11.1 Å². The van der Waals surface area contributed by atoms with E-state index in [9.17, 15) is 14.4 Å². The first-order valence-corrected chi connectivity index (χ1v) is 8.32. The van der Waals surface area contributed by atoms with Gasteiger partial charge in [0.25, 0.3) is 0 Å². The lowest BCUT2D eigenvalue weighted by molar-refractivity contribution is -0.146. The number of amides is 3. The standard InChI is InChI=1S/C17H20N6O3/c1-22-13(5-6-20-22)14-4-2-3-7-23(14)17(26)16(25)21-12-8-11(15(18)24)9-19-10-12/h5-6,8-10,14H,2-4,7H2,1H3,(H2,18,24)(H,21,25)/t14-/m1/s1. The number of hydrogen-bond acceptors (Lipinski definition) is 5. The Morgan fingerprint density at radius 1 is 1.27 bits per heavy atom. The fraction of sp³-hybridized carbons (Fsp3) is 0.353. The molecule has 1 saturated heterocycles. The van der Waals surface area contributed by atoms with E-state index in [0.717, 1.165) is 25.0 Å². The largest absolute Gasteiger partial charge is 0.366 e. The van der Waals surface area contributed by atoms with Crippen LogP contribution in [0.15, 0.2) is 30.7 Å². The summed E-state index contributed by atoms with van der Waals surface area (Å²) in [6.07, 6.45) is 6.91. The number of anilines is 1. The molecule has 2 aromatic heterocycles. The van der Waals surface area contributed by atoms with Crippen LogP contribution in [0.25, 0.3) is 0 Å². The van der Waals surface area contributed by atoms with Crippen LogP contribution in [-0.4, -0.2) is 43.9 Å². The summed E-state index contributed by atoms with van der Waals surface area (Å²) in [7, 11) is 1.81. The third kappa shape index (κ3) is 3.56. The highest BCUT2D eigenvalue weighted by Gasteiger charge is 2.33. The van der Waals surface area contributed by atoms with Crippen molar-refractivity contribution < 1.29 is 14.4 Å². The van der Waals surface area contributed by atoms with E-state index in [4.69, 9.17) is 5.73 Å². The second kappa shape index (κ2) is 7.34. The van der Waals surface area contributed by atoms with Crippen LogP contribution in [0.5, 0.6) is 0 Å². The number of nitrogens with zero attached hydrogens (tertiary/aromatic N) is 4. The maximum atomic E-state index is 12.7. The Morgan fingerprint density at radius 3 is 2.77 bits per heavy atom. The summed E-state index contributed by atoms with van der Waals surface area (Å²) in [6.45, 7) is 0.502. The van der Waals surface area contributed by atoms with Gasteiger partial charge >= 0.3 is 11.8 Å². The zero-order chi connectivity index (χ0) is 18.7. The van der Waals surface area contributed by atoms with Gasteiger partial charge in [0.1, 0.15) is 0 Å². The van der Waals surface area contributed by atoms with Gasteiger partial charge in [-0.2, -0.15) is 5.10 Å². The highest BCUT2D eigenvalue weighted by Crippen LogP contribution is 2.30. The molecule has 0 aliphatic carbocycles. The first-order valence-electron chi connectivity index (χ1n) is 8.32. The molecule has 0 unspecified atom stereocenters. The second-order valence-corrected chi connectivity index (χ2v) is 6.17. The number of primary amides is 1. The molecule has 1 aliphatic heterocycles. The average molecular weight is 356 g/mol. The van der Waals surface area contributed by atoms with E-state index in [-0.39, 0.29) is 17.3 Å². The van der Waals surface area contributed by atoms with Crippen LogP contribution in [0.4, 0.5) is 5.69 Å². The molecular formula is C17H20N6O3. The summed E-state index contributed by atoms with van der Waals surface area (Å²) < 4.78 is 1.72. The molecule has 3 rings (SSSR count). The smallest absolute Gasteiger partial charge is 0.313 e. The van der Waals surface area contributed by atoms with E-state index in [1.54, 1.807) is 15.8 Å². The van der Waals surface area contributed by atoms with Crippen molar-refractivity contribution in [2.45, 2.75) is 25.3 Å². The molecule has 1 aliphatic rings. The molecule has 26 heavy (non-hydrogen) atoms. The topological polar surface area (TPSA) is 123 Å². The maximum Gasteiger partial charge on any atom is 0.313 e. The monoisotopic (exact) mass is 356 g/mol. The number of hydrogen-bond donors (Lipinski definition) is 2. The van der Waals surface area contributed by atoms with Crippen LogP contribution in [0, 0.1) is 0 Å². The van der Waals surface area contributed by atoms with Crippen molar-refractivity contribution in [3.05, 3.63) is 42.0 Å². The Bertz CT molecular complexity index is 847. The van der Waals surface area contributed by atoms with Gasteiger partial charge in [-0.3, -0.25) is 24.0 Å². The lowest BCUT2D eigenvalue weighted by Gasteiger charge is -2.35. The number of nitrogens with two attached hydrogens (primary N) is 1. The first-order chi connectivity index (χ1) is 12.5. The fourth-order valence-electron chi connectivity index (χ4n) is 3.15. The molecule has 0 spiro atoms. The molecule has 9 heteroatoms. The van der Waals surface area contributed by atoms with Crippen molar-refractivity contribution in [1.82, 2.24) is 19.7 Å². The van der Waals surface area contributed by atoms with Crippen molar-refractivity contribution in [2.75, 3.05) is 11.9 Å². The molecule has 3 heterocycles. The number of rotatable bonds is 3. The molecule has 2 aromatic rings. The van der Waals surface area contributed by atoms with Crippen LogP contribution in [-0.2, 0) is 16.6 Å². The van der Waals surface area contributed by atoms with Crippen molar-refractivity contribution in [3.8, 4) is 0 Å². The van der Waals surface area contributed by atoms with Gasteiger partial charge in [-0.25, -0.2) is 0 Å². The summed E-state index contributed by atoms with van der Waals surface area (Å²) in [5, 5.41) is 6.64. The number of likely N-dealkylation sites (tertiary alicyclic amines) is 1. The van der Waals surface area contributed by atoms with E-state index in [1.165, 1.54) is 18.5 Å². The Labute approximate surface area is 150 Å². The Kier molecular flexibility index (Phi) is 4.97. The summed E-state index contributed by atoms with van der Waals surface area (Å²) in [4.78, 5) is 41.8. The van der Waals surface area contributed by atoms with Crippen molar-refractivity contribution in [2.24, 2.45) is 12.8 Å². The van der Waals surface area contributed by atoms with Crippen LogP contribution in [0.3, 0.4) is 0 Å². The number of carbonyl (C=O) groups is 3. The van der Waals surface area contributed by atoms with Crippen LogP contribution in [0.2, 0.25) is 0 Å². The highest BCUT2D eigenvalue weighted by atomic mass is 16.2. The van der Waals surface area contributed by atoms with E-state index in [0.29, 0.717) is 6.54 Å². The summed E-state index contributed by atoms with van der Waals surface area (Å²) >= 11 is 0. The number of aromatic nitrogens is 3. The third-order valence-corrected chi connectivity index (χ3v) is 4.44. The first kappa shape index (κ1) is 17.6. The molecule has 136 valence electrons. The number of pyridine rings is 1. The Morgan fingerprint density at radius 2 is 2.08 bits per heavy atom. The van der Waals surface area contributed by atoms with Gasteiger partial charge in [-0.05, 0) is 31.4 Å². The minimum absolute atomic E-state index is 0.154. The highest BCUT2D eigenvalue weighted by molar-refractivity contribution is 6.39.